The summed E-state index contributed by atoms with van der Waals surface area (Å²) in [5.41, 5.74) is 0. The predicted octanol–water partition coefficient (Wildman–Crippen LogP) is 5.02. The summed E-state index contributed by atoms with van der Waals surface area (Å²) in [5.74, 6) is -4.73. The Kier molecular flexibility index (Phi) is 15.7. The van der Waals surface area contributed by atoms with Gasteiger partial charge in [0.05, 0.1) is 0 Å². The Balaban J connectivity index is 3.29. The molecule has 0 radical (unpaired) electrons. The minimum absolute atomic E-state index is 0.106. The second-order valence-electron chi connectivity index (χ2n) is 7.34. The number of rotatable bonds is 18. The minimum atomic E-state index is -2.98. The Labute approximate surface area is 159 Å². The Morgan fingerprint density at radius 3 is 1.38 bits per heavy atom. The van der Waals surface area contributed by atoms with Crippen molar-refractivity contribution < 1.29 is 24.5 Å². The highest BCUT2D eigenvalue weighted by molar-refractivity contribution is 5.84. The van der Waals surface area contributed by atoms with Crippen LogP contribution in [0.4, 0.5) is 0 Å². The van der Waals surface area contributed by atoms with Crippen LogP contribution < -0.4 is 0 Å². The van der Waals surface area contributed by atoms with E-state index in [1.54, 1.807) is 0 Å². The maximum absolute atomic E-state index is 11.4. The third kappa shape index (κ3) is 15.3. The van der Waals surface area contributed by atoms with Crippen LogP contribution in [0, 0.1) is 0 Å². The molecule has 0 atom stereocenters. The number of aliphatic hydroxyl groups is 2. The standard InChI is InChI=1S/C21H40O5/c1-3-4-5-6-7-8-9-10-11-12-13-14-15-16-17-18-20(23)26-21(24,25)19(2)22/h24-25H,3-18H2,1-2H3. The zero-order chi connectivity index (χ0) is 19.7. The van der Waals surface area contributed by atoms with Gasteiger partial charge in [-0.3, -0.25) is 9.59 Å². The van der Waals surface area contributed by atoms with Gasteiger partial charge >= 0.3 is 11.9 Å². The maximum Gasteiger partial charge on any atom is 0.387 e. The summed E-state index contributed by atoms with van der Waals surface area (Å²) < 4.78 is 4.34. The molecule has 0 aliphatic carbocycles. The fourth-order valence-electron chi connectivity index (χ4n) is 2.92. The molecule has 0 aromatic carbocycles. The topological polar surface area (TPSA) is 83.8 Å². The van der Waals surface area contributed by atoms with Crippen molar-refractivity contribution in [3.63, 3.8) is 0 Å². The Morgan fingerprint density at radius 1 is 0.692 bits per heavy atom. The van der Waals surface area contributed by atoms with E-state index in [1.165, 1.54) is 77.0 Å². The van der Waals surface area contributed by atoms with Crippen LogP contribution in [0.15, 0.2) is 0 Å². The van der Waals surface area contributed by atoms with Crippen molar-refractivity contribution in [2.24, 2.45) is 0 Å². The van der Waals surface area contributed by atoms with Gasteiger partial charge < -0.3 is 14.9 Å². The van der Waals surface area contributed by atoms with E-state index in [2.05, 4.69) is 11.7 Å². The molecule has 0 aliphatic rings. The molecule has 2 N–H and O–H groups in total. The zero-order valence-corrected chi connectivity index (χ0v) is 16.9. The van der Waals surface area contributed by atoms with Gasteiger partial charge in [-0.25, -0.2) is 0 Å². The summed E-state index contributed by atoms with van der Waals surface area (Å²) in [6.45, 7) is 3.21. The second kappa shape index (κ2) is 16.2. The first kappa shape index (κ1) is 25.1. The lowest BCUT2D eigenvalue weighted by Crippen LogP contribution is -2.41. The normalized spacial score (nSPS) is 11.5. The average molecular weight is 373 g/mol. The van der Waals surface area contributed by atoms with E-state index in [4.69, 9.17) is 10.2 Å². The molecule has 0 rings (SSSR count). The van der Waals surface area contributed by atoms with Gasteiger partial charge in [0.2, 0.25) is 5.78 Å². The summed E-state index contributed by atoms with van der Waals surface area (Å²) in [6.07, 6.45) is 18.7. The molecular formula is C21H40O5. The first-order valence-corrected chi connectivity index (χ1v) is 10.6. The van der Waals surface area contributed by atoms with E-state index in [-0.39, 0.29) is 6.42 Å². The summed E-state index contributed by atoms with van der Waals surface area (Å²) in [4.78, 5) is 22.2. The number of Topliss-reactive ketones (excluding diaryl/α,β-unsaturated/α-hetero) is 1. The summed E-state index contributed by atoms with van der Waals surface area (Å²) in [7, 11) is 0. The van der Waals surface area contributed by atoms with Crippen LogP contribution in [0.5, 0.6) is 0 Å². The van der Waals surface area contributed by atoms with Crippen LogP contribution in [0.2, 0.25) is 0 Å². The van der Waals surface area contributed by atoms with Crippen LogP contribution in [-0.2, 0) is 14.3 Å². The molecule has 0 heterocycles. The van der Waals surface area contributed by atoms with Crippen LogP contribution >= 0.6 is 0 Å². The Bertz CT molecular complexity index is 365. The molecule has 26 heavy (non-hydrogen) atoms. The van der Waals surface area contributed by atoms with Crippen LogP contribution in [0.1, 0.15) is 117 Å². The third-order valence-electron chi connectivity index (χ3n) is 4.70. The van der Waals surface area contributed by atoms with Crippen molar-refractivity contribution in [2.45, 2.75) is 123 Å². The Morgan fingerprint density at radius 2 is 1.04 bits per heavy atom. The van der Waals surface area contributed by atoms with Gasteiger partial charge in [-0.2, -0.15) is 0 Å². The molecular weight excluding hydrogens is 332 g/mol. The van der Waals surface area contributed by atoms with Gasteiger partial charge in [0.1, 0.15) is 0 Å². The summed E-state index contributed by atoms with van der Waals surface area (Å²) in [6, 6.07) is 0. The first-order chi connectivity index (χ1) is 12.4. The van der Waals surface area contributed by atoms with E-state index < -0.39 is 17.7 Å². The number of unbranched alkanes of at least 4 members (excludes halogenated alkanes) is 14. The molecule has 0 aromatic rings. The minimum Gasteiger partial charge on any atom is -0.402 e. The monoisotopic (exact) mass is 372 g/mol. The highest BCUT2D eigenvalue weighted by atomic mass is 16.8. The second-order valence-corrected chi connectivity index (χ2v) is 7.34. The van der Waals surface area contributed by atoms with Gasteiger partial charge in [0.15, 0.2) is 0 Å². The van der Waals surface area contributed by atoms with E-state index in [0.29, 0.717) is 6.42 Å². The van der Waals surface area contributed by atoms with Gasteiger partial charge in [-0.05, 0) is 6.42 Å². The number of ketones is 1. The zero-order valence-electron chi connectivity index (χ0n) is 16.9. The van der Waals surface area contributed by atoms with Gasteiger partial charge in [-0.1, -0.05) is 96.8 Å². The number of esters is 1. The van der Waals surface area contributed by atoms with Crippen molar-refractivity contribution in [3.05, 3.63) is 0 Å². The molecule has 0 spiro atoms. The SMILES string of the molecule is CCCCCCCCCCCCCCCCCC(=O)OC(O)(O)C(C)=O. The number of carbonyl (C=O) groups is 2. The molecule has 0 saturated heterocycles. The van der Waals surface area contributed by atoms with Crippen molar-refractivity contribution in [3.8, 4) is 0 Å². The summed E-state index contributed by atoms with van der Waals surface area (Å²) >= 11 is 0. The van der Waals surface area contributed by atoms with Crippen LogP contribution in [-0.4, -0.2) is 27.9 Å². The highest BCUT2D eigenvalue weighted by Gasteiger charge is 2.34. The molecule has 0 amide bonds. The lowest BCUT2D eigenvalue weighted by Gasteiger charge is -2.17. The lowest BCUT2D eigenvalue weighted by molar-refractivity contribution is -0.295. The molecule has 0 fully saturated rings. The fourth-order valence-corrected chi connectivity index (χ4v) is 2.92. The predicted molar refractivity (Wildman–Crippen MR) is 103 cm³/mol. The van der Waals surface area contributed by atoms with Crippen molar-refractivity contribution in [1.82, 2.24) is 0 Å². The number of hydrogen-bond donors (Lipinski definition) is 2. The first-order valence-electron chi connectivity index (χ1n) is 10.6. The van der Waals surface area contributed by atoms with Gasteiger partial charge in [0.25, 0.3) is 0 Å². The molecule has 154 valence electrons. The van der Waals surface area contributed by atoms with Crippen LogP contribution in [0.25, 0.3) is 0 Å². The lowest BCUT2D eigenvalue weighted by atomic mass is 10.0. The fraction of sp³-hybridized carbons (Fsp3) is 0.905. The molecule has 0 aliphatic heterocycles. The van der Waals surface area contributed by atoms with Crippen molar-refractivity contribution in [2.75, 3.05) is 0 Å². The van der Waals surface area contributed by atoms with Crippen molar-refractivity contribution in [1.29, 1.82) is 0 Å². The molecule has 0 aromatic heterocycles. The summed E-state index contributed by atoms with van der Waals surface area (Å²) in [5, 5.41) is 18.3. The largest absolute Gasteiger partial charge is 0.402 e. The molecule has 5 heteroatoms. The van der Waals surface area contributed by atoms with Gasteiger partial charge in [-0.15, -0.1) is 0 Å². The average Bonchev–Trinajstić information content (AvgIpc) is 2.57. The Hall–Kier alpha value is -0.940. The maximum atomic E-state index is 11.4. The van der Waals surface area contributed by atoms with Gasteiger partial charge in [0, 0.05) is 13.3 Å². The number of carbonyl (C=O) groups excluding carboxylic acids is 2. The van der Waals surface area contributed by atoms with E-state index >= 15 is 0 Å². The molecule has 0 saturated carbocycles. The van der Waals surface area contributed by atoms with Crippen LogP contribution in [0.3, 0.4) is 0 Å². The number of hydrogen-bond acceptors (Lipinski definition) is 5. The van der Waals surface area contributed by atoms with E-state index in [1.807, 2.05) is 0 Å². The smallest absolute Gasteiger partial charge is 0.387 e. The molecule has 5 nitrogen and oxygen atoms in total. The third-order valence-corrected chi connectivity index (χ3v) is 4.70. The number of ether oxygens (including phenoxy) is 1. The van der Waals surface area contributed by atoms with E-state index in [9.17, 15) is 9.59 Å². The highest BCUT2D eigenvalue weighted by Crippen LogP contribution is 2.14. The van der Waals surface area contributed by atoms with Crippen molar-refractivity contribution >= 4 is 11.8 Å². The quantitative estimate of drug-likeness (QED) is 0.200. The molecule has 0 bridgehead atoms. The van der Waals surface area contributed by atoms with E-state index in [0.717, 1.165) is 19.8 Å². The molecule has 0 unspecified atom stereocenters.